The second-order valence-electron chi connectivity index (χ2n) is 5.64. The first-order chi connectivity index (χ1) is 9.72. The lowest BCUT2D eigenvalue weighted by molar-refractivity contribution is 0.0958. The first kappa shape index (κ1) is 14.1. The standard InChI is InChI=1S/C15H20N2OS2/c1-10-2-3-13-11(8-10)9-14(20-13)15(18)17-16-12-4-6-19-7-5-12/h9-10H,2-8H2,1H3,(H,17,18). The van der Waals surface area contributed by atoms with Crippen LogP contribution in [0.4, 0.5) is 0 Å². The fourth-order valence-electron chi connectivity index (χ4n) is 2.72. The van der Waals surface area contributed by atoms with Crippen molar-refractivity contribution in [3.05, 3.63) is 21.4 Å². The van der Waals surface area contributed by atoms with Crippen LogP contribution in [0.15, 0.2) is 11.2 Å². The van der Waals surface area contributed by atoms with Gasteiger partial charge in [-0.15, -0.1) is 11.3 Å². The van der Waals surface area contributed by atoms with Gasteiger partial charge in [0.25, 0.3) is 5.91 Å². The molecule has 1 aliphatic heterocycles. The van der Waals surface area contributed by atoms with E-state index in [1.807, 2.05) is 11.8 Å². The Morgan fingerprint density at radius 2 is 2.15 bits per heavy atom. The molecular weight excluding hydrogens is 288 g/mol. The van der Waals surface area contributed by atoms with Crippen LogP contribution in [0.5, 0.6) is 0 Å². The molecule has 1 atom stereocenters. The SMILES string of the molecule is CC1CCc2sc(C(=O)NN=C3CCSCC3)cc2C1. The maximum atomic E-state index is 12.2. The zero-order valence-electron chi connectivity index (χ0n) is 11.8. The molecule has 108 valence electrons. The summed E-state index contributed by atoms with van der Waals surface area (Å²) in [6, 6.07) is 2.07. The predicted octanol–water partition coefficient (Wildman–Crippen LogP) is 3.49. The summed E-state index contributed by atoms with van der Waals surface area (Å²) in [7, 11) is 0. The van der Waals surface area contributed by atoms with Gasteiger partial charge in [0.1, 0.15) is 0 Å². The average molecular weight is 308 g/mol. The van der Waals surface area contributed by atoms with Gasteiger partial charge in [0.2, 0.25) is 0 Å². The molecule has 1 amide bonds. The molecule has 1 N–H and O–H groups in total. The molecule has 1 aromatic heterocycles. The molecule has 20 heavy (non-hydrogen) atoms. The number of carbonyl (C=O) groups excluding carboxylic acids is 1. The highest BCUT2D eigenvalue weighted by atomic mass is 32.2. The number of carbonyl (C=O) groups is 1. The summed E-state index contributed by atoms with van der Waals surface area (Å²) in [6.07, 6.45) is 5.49. The Bertz CT molecular complexity index is 528. The summed E-state index contributed by atoms with van der Waals surface area (Å²) in [5.41, 5.74) is 5.25. The highest BCUT2D eigenvalue weighted by molar-refractivity contribution is 7.99. The van der Waals surface area contributed by atoms with E-state index in [1.165, 1.54) is 16.9 Å². The predicted molar refractivity (Wildman–Crippen MR) is 87.0 cm³/mol. The number of nitrogens with zero attached hydrogens (tertiary/aromatic N) is 1. The lowest BCUT2D eigenvalue weighted by atomic mass is 9.90. The molecule has 0 radical (unpaired) electrons. The minimum Gasteiger partial charge on any atom is -0.266 e. The molecule has 3 rings (SSSR count). The number of rotatable bonds is 2. The van der Waals surface area contributed by atoms with Crippen LogP contribution in [0.3, 0.4) is 0 Å². The molecule has 0 saturated carbocycles. The van der Waals surface area contributed by atoms with Gasteiger partial charge < -0.3 is 0 Å². The van der Waals surface area contributed by atoms with Gasteiger partial charge in [-0.25, -0.2) is 5.43 Å². The Hall–Kier alpha value is -0.810. The molecule has 2 aliphatic rings. The normalized spacial score (nSPS) is 22.2. The maximum Gasteiger partial charge on any atom is 0.281 e. The number of aryl methyl sites for hydroxylation is 1. The number of fused-ring (bicyclic) bond motifs is 1. The smallest absolute Gasteiger partial charge is 0.266 e. The van der Waals surface area contributed by atoms with Crippen LogP contribution in [-0.4, -0.2) is 23.1 Å². The second-order valence-corrected chi connectivity index (χ2v) is 8.00. The van der Waals surface area contributed by atoms with E-state index in [1.54, 1.807) is 11.3 Å². The Morgan fingerprint density at radius 3 is 2.95 bits per heavy atom. The van der Waals surface area contributed by atoms with Gasteiger partial charge in [-0.05, 0) is 61.2 Å². The Balaban J connectivity index is 1.65. The van der Waals surface area contributed by atoms with E-state index in [0.717, 1.165) is 53.7 Å². The molecule has 1 fully saturated rings. The van der Waals surface area contributed by atoms with Crippen LogP contribution in [0.1, 0.15) is 46.3 Å². The summed E-state index contributed by atoms with van der Waals surface area (Å²) in [6.45, 7) is 2.29. The highest BCUT2D eigenvalue weighted by Crippen LogP contribution is 2.32. The maximum absolute atomic E-state index is 12.2. The van der Waals surface area contributed by atoms with Gasteiger partial charge in [-0.1, -0.05) is 6.92 Å². The van der Waals surface area contributed by atoms with Crippen LogP contribution in [0, 0.1) is 5.92 Å². The summed E-state index contributed by atoms with van der Waals surface area (Å²) < 4.78 is 0. The minimum absolute atomic E-state index is 0.0391. The highest BCUT2D eigenvalue weighted by Gasteiger charge is 2.20. The molecule has 3 nitrogen and oxygen atoms in total. The number of thioether (sulfide) groups is 1. The average Bonchev–Trinajstić information content (AvgIpc) is 2.89. The van der Waals surface area contributed by atoms with Crippen molar-refractivity contribution in [2.45, 2.75) is 39.0 Å². The summed E-state index contributed by atoms with van der Waals surface area (Å²) in [5.74, 6) is 2.95. The lowest BCUT2D eigenvalue weighted by Gasteiger charge is -2.16. The van der Waals surface area contributed by atoms with Gasteiger partial charge in [0, 0.05) is 10.6 Å². The minimum atomic E-state index is -0.0391. The molecular formula is C15H20N2OS2. The molecule has 0 aromatic carbocycles. The molecule has 0 bridgehead atoms. The van der Waals surface area contributed by atoms with Gasteiger partial charge in [-0.2, -0.15) is 16.9 Å². The summed E-state index contributed by atoms with van der Waals surface area (Å²) in [4.78, 5) is 14.4. The second kappa shape index (κ2) is 6.31. The number of hydrogen-bond acceptors (Lipinski definition) is 4. The number of thiophene rings is 1. The molecule has 0 spiro atoms. The number of hydrogen-bond donors (Lipinski definition) is 1. The Morgan fingerprint density at radius 1 is 1.35 bits per heavy atom. The van der Waals surface area contributed by atoms with Crippen molar-refractivity contribution in [3.63, 3.8) is 0 Å². The van der Waals surface area contributed by atoms with Crippen molar-refractivity contribution in [2.24, 2.45) is 11.0 Å². The summed E-state index contributed by atoms with van der Waals surface area (Å²) in [5, 5.41) is 4.29. The molecule has 1 aromatic rings. The van der Waals surface area contributed by atoms with Crippen LogP contribution < -0.4 is 5.43 Å². The zero-order chi connectivity index (χ0) is 13.9. The number of amides is 1. The third kappa shape index (κ3) is 3.26. The number of hydrazone groups is 1. The molecule has 1 saturated heterocycles. The third-order valence-corrected chi connectivity index (χ3v) is 6.16. The van der Waals surface area contributed by atoms with E-state index < -0.39 is 0 Å². The molecule has 5 heteroatoms. The fourth-order valence-corrected chi connectivity index (χ4v) is 4.78. The van der Waals surface area contributed by atoms with Crippen molar-refractivity contribution in [1.82, 2.24) is 5.43 Å². The van der Waals surface area contributed by atoms with E-state index in [2.05, 4.69) is 23.5 Å². The van der Waals surface area contributed by atoms with Crippen LogP contribution in [0.2, 0.25) is 0 Å². The Kier molecular flexibility index (Phi) is 4.46. The number of nitrogens with one attached hydrogen (secondary N) is 1. The van der Waals surface area contributed by atoms with Crippen molar-refractivity contribution < 1.29 is 4.79 Å². The van der Waals surface area contributed by atoms with E-state index in [4.69, 9.17) is 0 Å². The first-order valence-corrected chi connectivity index (χ1v) is 9.24. The van der Waals surface area contributed by atoms with Gasteiger partial charge in [0.05, 0.1) is 4.88 Å². The zero-order valence-corrected chi connectivity index (χ0v) is 13.4. The topological polar surface area (TPSA) is 41.5 Å². The van der Waals surface area contributed by atoms with Crippen LogP contribution >= 0.6 is 23.1 Å². The largest absolute Gasteiger partial charge is 0.281 e. The van der Waals surface area contributed by atoms with E-state index >= 15 is 0 Å². The molecule has 1 aliphatic carbocycles. The third-order valence-electron chi connectivity index (χ3n) is 3.94. The molecule has 1 unspecified atom stereocenters. The van der Waals surface area contributed by atoms with E-state index in [0.29, 0.717) is 0 Å². The quantitative estimate of drug-likeness (QED) is 0.850. The fraction of sp³-hybridized carbons (Fsp3) is 0.600. The van der Waals surface area contributed by atoms with Crippen molar-refractivity contribution in [3.8, 4) is 0 Å². The van der Waals surface area contributed by atoms with Crippen LogP contribution in [0.25, 0.3) is 0 Å². The molecule has 2 heterocycles. The van der Waals surface area contributed by atoms with E-state index in [-0.39, 0.29) is 5.91 Å². The first-order valence-electron chi connectivity index (χ1n) is 7.27. The monoisotopic (exact) mass is 308 g/mol. The van der Waals surface area contributed by atoms with Crippen molar-refractivity contribution >= 4 is 34.7 Å². The van der Waals surface area contributed by atoms with Gasteiger partial charge >= 0.3 is 0 Å². The Labute approximate surface area is 128 Å². The lowest BCUT2D eigenvalue weighted by Crippen LogP contribution is -2.20. The van der Waals surface area contributed by atoms with Gasteiger partial charge in [-0.3, -0.25) is 4.79 Å². The van der Waals surface area contributed by atoms with E-state index in [9.17, 15) is 4.79 Å². The summed E-state index contributed by atoms with van der Waals surface area (Å²) >= 11 is 3.60. The van der Waals surface area contributed by atoms with Crippen molar-refractivity contribution in [2.75, 3.05) is 11.5 Å². The van der Waals surface area contributed by atoms with Gasteiger partial charge in [0.15, 0.2) is 0 Å². The van der Waals surface area contributed by atoms with Crippen molar-refractivity contribution in [1.29, 1.82) is 0 Å². The van der Waals surface area contributed by atoms with Crippen LogP contribution in [-0.2, 0) is 12.8 Å².